The zero-order valence-electron chi connectivity index (χ0n) is 32.8. The molecular weight excluding hydrogens is 707 g/mol. The minimum atomic E-state index is -0.475. The summed E-state index contributed by atoms with van der Waals surface area (Å²) in [6.45, 7) is 6.26. The lowest BCUT2D eigenvalue weighted by Gasteiger charge is -2.34. The lowest BCUT2D eigenvalue weighted by molar-refractivity contribution is 0.407. The fourth-order valence-electron chi connectivity index (χ4n) is 10.1. The standard InChI is InChI=1S/C55H43NO2/c1-34-12-22-46-48-31-47(40-17-23-53-49(29-40)50-28-38-8-6-7-9-39(38)30-54(50)56(53)43-10-4-3-5-11-43)35(2)25-52(48)55(51(46)24-34,41-18-13-36(14-19-41)26-44-32-57-44)42-20-15-37(16-21-42)27-45-33-58-45/h3-25,28-31,44-45H,26-27,32-33H2,1-2H3. The number of fused-ring (bicyclic) bond motifs is 7. The SMILES string of the molecule is Cc1ccc2c(c1)C(c1ccc(CC3CO3)cc1)(c1ccc(CC3CO3)cc1)c1cc(C)c(-c3ccc4c(c3)c3cc5ccccc5cc3n4-c3ccccc3)cc1-2. The normalized spacial score (nSPS) is 19.1. The molecule has 280 valence electrons. The number of aromatic nitrogens is 1. The van der Waals surface area contributed by atoms with Gasteiger partial charge in [-0.15, -0.1) is 0 Å². The third kappa shape index (κ3) is 5.34. The van der Waals surface area contributed by atoms with Gasteiger partial charge in [0, 0.05) is 29.3 Å². The van der Waals surface area contributed by atoms with Crippen LogP contribution in [0, 0.1) is 13.8 Å². The van der Waals surface area contributed by atoms with E-state index in [9.17, 15) is 0 Å². The number of epoxide rings is 2. The highest BCUT2D eigenvalue weighted by Gasteiger charge is 2.46. The summed E-state index contributed by atoms with van der Waals surface area (Å²) in [5, 5.41) is 5.04. The van der Waals surface area contributed by atoms with E-state index in [4.69, 9.17) is 9.47 Å². The predicted octanol–water partition coefficient (Wildman–Crippen LogP) is 12.5. The number of para-hydroxylation sites is 1. The summed E-state index contributed by atoms with van der Waals surface area (Å²) in [7, 11) is 0. The third-order valence-electron chi connectivity index (χ3n) is 13.1. The topological polar surface area (TPSA) is 30.0 Å². The minimum absolute atomic E-state index is 0.355. The Morgan fingerprint density at radius 2 is 1.12 bits per heavy atom. The molecule has 3 aliphatic rings. The van der Waals surface area contributed by atoms with Gasteiger partial charge in [0.15, 0.2) is 0 Å². The Hall–Kier alpha value is -6.26. The van der Waals surface area contributed by atoms with E-state index < -0.39 is 5.41 Å². The van der Waals surface area contributed by atoms with Gasteiger partial charge < -0.3 is 14.0 Å². The molecule has 3 heteroatoms. The fraction of sp³-hybridized carbons (Fsp3) is 0.164. The van der Waals surface area contributed by atoms with Crippen LogP contribution in [0.15, 0.2) is 164 Å². The maximum atomic E-state index is 5.61. The Bertz CT molecular complexity index is 3020. The van der Waals surface area contributed by atoms with Gasteiger partial charge in [-0.2, -0.15) is 0 Å². The summed E-state index contributed by atoms with van der Waals surface area (Å²) in [6.07, 6.45) is 2.63. The molecule has 12 rings (SSSR count). The molecule has 3 heterocycles. The molecule has 1 aliphatic carbocycles. The second-order valence-corrected chi connectivity index (χ2v) is 16.8. The Morgan fingerprint density at radius 3 is 1.78 bits per heavy atom. The van der Waals surface area contributed by atoms with Gasteiger partial charge in [0.05, 0.1) is 41.9 Å². The van der Waals surface area contributed by atoms with Gasteiger partial charge in [-0.1, -0.05) is 127 Å². The highest BCUT2D eigenvalue weighted by molar-refractivity contribution is 6.14. The maximum Gasteiger partial charge on any atom is 0.0850 e. The van der Waals surface area contributed by atoms with Gasteiger partial charge in [-0.3, -0.25) is 0 Å². The summed E-state index contributed by atoms with van der Waals surface area (Å²) in [4.78, 5) is 0. The Labute approximate surface area is 339 Å². The number of hydrogen-bond acceptors (Lipinski definition) is 2. The number of rotatable bonds is 8. The highest BCUT2D eigenvalue weighted by Crippen LogP contribution is 2.57. The lowest BCUT2D eigenvalue weighted by Crippen LogP contribution is -2.29. The molecule has 2 fully saturated rings. The first-order chi connectivity index (χ1) is 28.5. The van der Waals surface area contributed by atoms with Crippen LogP contribution in [0.3, 0.4) is 0 Å². The van der Waals surface area contributed by atoms with Crippen LogP contribution in [0.4, 0.5) is 0 Å². The Morgan fingerprint density at radius 1 is 0.517 bits per heavy atom. The molecule has 9 aromatic rings. The summed E-state index contributed by atoms with van der Waals surface area (Å²) in [6, 6.07) is 62.3. The van der Waals surface area contributed by atoms with Crippen molar-refractivity contribution in [2.45, 2.75) is 44.3 Å². The van der Waals surface area contributed by atoms with E-state index in [1.165, 1.54) is 105 Å². The van der Waals surface area contributed by atoms with Crippen LogP contribution >= 0.6 is 0 Å². The zero-order valence-corrected chi connectivity index (χ0v) is 32.8. The first-order valence-electron chi connectivity index (χ1n) is 20.7. The number of benzene rings is 8. The van der Waals surface area contributed by atoms with Crippen molar-refractivity contribution in [3.63, 3.8) is 0 Å². The van der Waals surface area contributed by atoms with Crippen molar-refractivity contribution in [2.24, 2.45) is 0 Å². The van der Waals surface area contributed by atoms with Crippen molar-refractivity contribution in [2.75, 3.05) is 13.2 Å². The second-order valence-electron chi connectivity index (χ2n) is 16.8. The molecule has 1 aromatic heterocycles. The van der Waals surface area contributed by atoms with E-state index in [-0.39, 0.29) is 0 Å². The summed E-state index contributed by atoms with van der Waals surface area (Å²) in [5.41, 5.74) is 18.7. The van der Waals surface area contributed by atoms with Crippen LogP contribution in [0.25, 0.3) is 60.5 Å². The lowest BCUT2D eigenvalue weighted by atomic mass is 9.67. The van der Waals surface area contributed by atoms with E-state index in [1.807, 2.05) is 0 Å². The van der Waals surface area contributed by atoms with Crippen LogP contribution in [0.5, 0.6) is 0 Å². The highest BCUT2D eigenvalue weighted by atomic mass is 16.6. The first kappa shape index (κ1) is 33.8. The van der Waals surface area contributed by atoms with Crippen LogP contribution in [-0.4, -0.2) is 30.0 Å². The monoisotopic (exact) mass is 749 g/mol. The maximum absolute atomic E-state index is 5.61. The van der Waals surface area contributed by atoms with Crippen molar-refractivity contribution in [3.8, 4) is 27.9 Å². The largest absolute Gasteiger partial charge is 0.373 e. The van der Waals surface area contributed by atoms with Gasteiger partial charge in [0.1, 0.15) is 0 Å². The van der Waals surface area contributed by atoms with Crippen molar-refractivity contribution in [3.05, 3.63) is 208 Å². The molecule has 58 heavy (non-hydrogen) atoms. The average Bonchev–Trinajstić information content (AvgIpc) is 4.20. The van der Waals surface area contributed by atoms with Crippen LogP contribution in [0.2, 0.25) is 0 Å². The average molecular weight is 750 g/mol. The molecule has 3 nitrogen and oxygen atoms in total. The summed E-state index contributed by atoms with van der Waals surface area (Å²) < 4.78 is 13.7. The molecular formula is C55H43NO2. The van der Waals surface area contributed by atoms with Crippen molar-refractivity contribution < 1.29 is 9.47 Å². The number of nitrogens with zero attached hydrogens (tertiary/aromatic N) is 1. The Kier molecular flexibility index (Phi) is 7.51. The first-order valence-corrected chi connectivity index (χ1v) is 20.7. The van der Waals surface area contributed by atoms with Gasteiger partial charge >= 0.3 is 0 Å². The van der Waals surface area contributed by atoms with Gasteiger partial charge in [-0.05, 0) is 128 Å². The quantitative estimate of drug-likeness (QED) is 0.145. The minimum Gasteiger partial charge on any atom is -0.373 e. The van der Waals surface area contributed by atoms with Crippen LogP contribution < -0.4 is 0 Å². The summed E-state index contributed by atoms with van der Waals surface area (Å²) >= 11 is 0. The molecule has 2 aliphatic heterocycles. The number of hydrogen-bond donors (Lipinski definition) is 0. The molecule has 0 bridgehead atoms. The molecule has 2 saturated heterocycles. The fourth-order valence-corrected chi connectivity index (χ4v) is 10.1. The van der Waals surface area contributed by atoms with Crippen molar-refractivity contribution in [1.82, 2.24) is 4.57 Å². The van der Waals surface area contributed by atoms with Crippen LogP contribution in [0.1, 0.15) is 44.5 Å². The van der Waals surface area contributed by atoms with Crippen molar-refractivity contribution in [1.29, 1.82) is 0 Å². The van der Waals surface area contributed by atoms with E-state index in [0.717, 1.165) is 26.1 Å². The number of ether oxygens (including phenoxy) is 2. The molecule has 0 N–H and O–H groups in total. The second kappa shape index (κ2) is 12.9. The molecule has 0 saturated carbocycles. The predicted molar refractivity (Wildman–Crippen MR) is 237 cm³/mol. The molecule has 2 atom stereocenters. The van der Waals surface area contributed by atoms with E-state index >= 15 is 0 Å². The van der Waals surface area contributed by atoms with Crippen molar-refractivity contribution >= 4 is 32.6 Å². The zero-order chi connectivity index (χ0) is 38.5. The third-order valence-corrected chi connectivity index (χ3v) is 13.1. The molecule has 0 spiro atoms. The van der Waals surface area contributed by atoms with Gasteiger partial charge in [-0.25, -0.2) is 0 Å². The van der Waals surface area contributed by atoms with E-state index in [1.54, 1.807) is 0 Å². The molecule has 0 amide bonds. The summed E-state index contributed by atoms with van der Waals surface area (Å²) in [5.74, 6) is 0. The van der Waals surface area contributed by atoms with E-state index in [2.05, 4.69) is 182 Å². The smallest absolute Gasteiger partial charge is 0.0850 e. The molecule has 0 radical (unpaired) electrons. The Balaban J connectivity index is 1.07. The molecule has 2 unspecified atom stereocenters. The number of aryl methyl sites for hydroxylation is 2. The van der Waals surface area contributed by atoms with Gasteiger partial charge in [0.25, 0.3) is 0 Å². The van der Waals surface area contributed by atoms with E-state index in [0.29, 0.717) is 12.2 Å². The molecule has 8 aromatic carbocycles. The van der Waals surface area contributed by atoms with Gasteiger partial charge in [0.2, 0.25) is 0 Å². The van der Waals surface area contributed by atoms with Crippen LogP contribution in [-0.2, 0) is 27.7 Å².